The number of likely N-dealkylation sites (tertiary alicyclic amines) is 1. The number of nitrogens with one attached hydrogen (secondary N) is 1. The van der Waals surface area contributed by atoms with Crippen molar-refractivity contribution in [2.45, 2.75) is 84.3 Å². The van der Waals surface area contributed by atoms with E-state index in [4.69, 9.17) is 14.2 Å². The molecule has 4 amide bonds. The number of hydrogen-bond donors (Lipinski definition) is 1. The summed E-state index contributed by atoms with van der Waals surface area (Å²) < 4.78 is 17.4. The zero-order valence-corrected chi connectivity index (χ0v) is 29.8. The Bertz CT molecular complexity index is 1670. The highest BCUT2D eigenvalue weighted by Crippen LogP contribution is 2.43. The number of fused-ring (bicyclic) bond motifs is 1. The number of alkyl carbamates (subject to hydrolysis) is 1. The Hall–Kier alpha value is -5.06. The molecule has 11 heteroatoms. The Morgan fingerprint density at radius 2 is 1.70 bits per heavy atom. The summed E-state index contributed by atoms with van der Waals surface area (Å²) in [6, 6.07) is 23.3. The fraction of sp³-hybridized carbons (Fsp3) is 0.436. The highest BCUT2D eigenvalue weighted by Gasteiger charge is 2.46. The Kier molecular flexibility index (Phi) is 11.0. The van der Waals surface area contributed by atoms with Crippen molar-refractivity contribution in [3.8, 4) is 5.75 Å². The number of anilines is 1. The van der Waals surface area contributed by atoms with Crippen molar-refractivity contribution < 1.29 is 33.4 Å². The van der Waals surface area contributed by atoms with Gasteiger partial charge in [-0.25, -0.2) is 9.59 Å². The molecule has 1 unspecified atom stereocenters. The number of amides is 4. The van der Waals surface area contributed by atoms with Crippen molar-refractivity contribution in [3.63, 3.8) is 0 Å². The van der Waals surface area contributed by atoms with Crippen LogP contribution in [0.15, 0.2) is 78.9 Å². The van der Waals surface area contributed by atoms with E-state index < -0.39 is 23.4 Å². The molecule has 0 saturated carbocycles. The summed E-state index contributed by atoms with van der Waals surface area (Å²) in [7, 11) is 0. The minimum atomic E-state index is -1.34. The van der Waals surface area contributed by atoms with Crippen LogP contribution in [0.5, 0.6) is 5.75 Å². The zero-order chi connectivity index (χ0) is 36.1. The van der Waals surface area contributed by atoms with E-state index in [9.17, 15) is 19.2 Å². The standard InChI is InChI=1S/C39H48N4O7/c1-27(2)43(31-18-13-22-41(25-31)37(47)50-38(3,4)5)34(44)29-19-20-33-32(24-29)42(35(45)39(6,49-33)30-16-11-8-12-17-30)23-21-40-36(46)48-26-28-14-9-7-10-15-28/h7-12,14-17,19-20,24,27,31H,13,18,21-23,25-26H2,1-6H3,(H,40,46)/t31-,39?/m1/s1. The van der Waals surface area contributed by atoms with Crippen LogP contribution in [0, 0.1) is 0 Å². The molecule has 2 atom stereocenters. The first-order chi connectivity index (χ1) is 23.8. The number of ether oxygens (including phenoxy) is 3. The molecule has 266 valence electrons. The number of rotatable bonds is 9. The summed E-state index contributed by atoms with van der Waals surface area (Å²) >= 11 is 0. The number of nitrogens with zero attached hydrogens (tertiary/aromatic N) is 3. The van der Waals surface area contributed by atoms with Crippen molar-refractivity contribution in [2.24, 2.45) is 0 Å². The quantitative estimate of drug-likeness (QED) is 0.273. The lowest BCUT2D eigenvalue weighted by atomic mass is 9.91. The van der Waals surface area contributed by atoms with Crippen molar-refractivity contribution in [3.05, 3.63) is 95.6 Å². The monoisotopic (exact) mass is 684 g/mol. The van der Waals surface area contributed by atoms with E-state index in [0.29, 0.717) is 35.7 Å². The predicted octanol–water partition coefficient (Wildman–Crippen LogP) is 6.50. The summed E-state index contributed by atoms with van der Waals surface area (Å²) in [5.41, 5.74) is 0.375. The van der Waals surface area contributed by atoms with E-state index in [0.717, 1.165) is 18.4 Å². The van der Waals surface area contributed by atoms with E-state index in [1.807, 2.05) is 100 Å². The lowest BCUT2D eigenvalue weighted by Crippen LogP contribution is -2.55. The highest BCUT2D eigenvalue weighted by atomic mass is 16.6. The molecule has 0 radical (unpaired) electrons. The van der Waals surface area contributed by atoms with E-state index in [1.54, 1.807) is 34.9 Å². The molecule has 3 aromatic carbocycles. The van der Waals surface area contributed by atoms with Crippen LogP contribution in [-0.2, 0) is 26.5 Å². The molecule has 5 rings (SSSR count). The van der Waals surface area contributed by atoms with Gasteiger partial charge in [-0.15, -0.1) is 0 Å². The van der Waals surface area contributed by atoms with Gasteiger partial charge in [0.1, 0.15) is 18.0 Å². The second-order valence-electron chi connectivity index (χ2n) is 14.2. The van der Waals surface area contributed by atoms with Crippen LogP contribution in [0.25, 0.3) is 0 Å². The molecule has 3 aromatic rings. The topological polar surface area (TPSA) is 118 Å². The average molecular weight is 685 g/mol. The molecule has 2 heterocycles. The van der Waals surface area contributed by atoms with E-state index in [1.165, 1.54) is 0 Å². The summed E-state index contributed by atoms with van der Waals surface area (Å²) in [5, 5.41) is 2.75. The molecule has 1 fully saturated rings. The lowest BCUT2D eigenvalue weighted by molar-refractivity contribution is -0.135. The maximum absolute atomic E-state index is 14.3. The number of piperidine rings is 1. The second kappa shape index (κ2) is 15.2. The van der Waals surface area contributed by atoms with E-state index in [2.05, 4.69) is 5.32 Å². The first kappa shape index (κ1) is 36.2. The summed E-state index contributed by atoms with van der Waals surface area (Å²) in [6.45, 7) is 12.4. The number of benzene rings is 3. The molecule has 0 bridgehead atoms. The first-order valence-electron chi connectivity index (χ1n) is 17.2. The molecule has 0 aliphatic carbocycles. The number of hydrogen-bond acceptors (Lipinski definition) is 7. The fourth-order valence-corrected chi connectivity index (χ4v) is 6.43. The van der Waals surface area contributed by atoms with Gasteiger partial charge in [-0.05, 0) is 78.1 Å². The van der Waals surface area contributed by atoms with Crippen molar-refractivity contribution in [2.75, 3.05) is 31.1 Å². The predicted molar refractivity (Wildman–Crippen MR) is 190 cm³/mol. The van der Waals surface area contributed by atoms with Crippen molar-refractivity contribution in [1.29, 1.82) is 0 Å². The smallest absolute Gasteiger partial charge is 0.410 e. The first-order valence-corrected chi connectivity index (χ1v) is 17.2. The van der Waals surface area contributed by atoms with Gasteiger partial charge in [-0.2, -0.15) is 0 Å². The normalized spacial score (nSPS) is 18.9. The van der Waals surface area contributed by atoms with Gasteiger partial charge in [0.05, 0.1) is 11.7 Å². The molecule has 0 spiro atoms. The molecule has 1 N–H and O–H groups in total. The lowest BCUT2D eigenvalue weighted by Gasteiger charge is -2.42. The summed E-state index contributed by atoms with van der Waals surface area (Å²) in [5.74, 6) is -0.115. The summed E-state index contributed by atoms with van der Waals surface area (Å²) in [6.07, 6.45) is 0.477. The van der Waals surface area contributed by atoms with Gasteiger partial charge < -0.3 is 34.2 Å². The zero-order valence-electron chi connectivity index (χ0n) is 29.8. The van der Waals surface area contributed by atoms with Crippen LogP contribution in [0.2, 0.25) is 0 Å². The maximum Gasteiger partial charge on any atom is 0.410 e. The maximum atomic E-state index is 14.3. The van der Waals surface area contributed by atoms with Gasteiger partial charge >= 0.3 is 12.2 Å². The van der Waals surface area contributed by atoms with E-state index >= 15 is 0 Å². The molecule has 2 aliphatic heterocycles. The van der Waals surface area contributed by atoms with Gasteiger partial charge in [0.2, 0.25) is 5.60 Å². The molecule has 50 heavy (non-hydrogen) atoms. The Labute approximate surface area is 294 Å². The molecule has 2 aliphatic rings. The van der Waals surface area contributed by atoms with Crippen molar-refractivity contribution in [1.82, 2.24) is 15.1 Å². The third-order valence-corrected chi connectivity index (χ3v) is 8.84. The van der Waals surface area contributed by atoms with Crippen LogP contribution < -0.4 is 15.0 Å². The van der Waals surface area contributed by atoms with Gasteiger partial charge in [0.25, 0.3) is 11.8 Å². The largest absolute Gasteiger partial charge is 0.471 e. The molecular formula is C39H48N4O7. The van der Waals surface area contributed by atoms with E-state index in [-0.39, 0.29) is 43.6 Å². The summed E-state index contributed by atoms with van der Waals surface area (Å²) in [4.78, 5) is 59.1. The van der Waals surface area contributed by atoms with Crippen molar-refractivity contribution >= 4 is 29.7 Å². The van der Waals surface area contributed by atoms with Crippen LogP contribution >= 0.6 is 0 Å². The second-order valence-corrected chi connectivity index (χ2v) is 14.2. The van der Waals surface area contributed by atoms with Gasteiger partial charge in [-0.1, -0.05) is 60.7 Å². The average Bonchev–Trinajstić information content (AvgIpc) is 3.09. The Morgan fingerprint density at radius 3 is 2.36 bits per heavy atom. The van der Waals surface area contributed by atoms with Gasteiger partial charge in [-0.3, -0.25) is 9.59 Å². The molecule has 1 saturated heterocycles. The van der Waals surface area contributed by atoms with Crippen LogP contribution in [0.3, 0.4) is 0 Å². The van der Waals surface area contributed by atoms with Crippen LogP contribution in [-0.4, -0.2) is 77.7 Å². The SMILES string of the molecule is CC(C)N(C(=O)c1ccc2c(c1)N(CCNC(=O)OCc1ccccc1)C(=O)C(C)(c1ccccc1)O2)[C@@H]1CCCN(C(=O)OC(C)(C)C)C1. The van der Waals surface area contributed by atoms with Crippen LogP contribution in [0.4, 0.5) is 15.3 Å². The number of carbonyl (C=O) groups excluding carboxylic acids is 4. The number of carbonyl (C=O) groups is 4. The van der Waals surface area contributed by atoms with Gasteiger partial charge in [0.15, 0.2) is 0 Å². The third-order valence-electron chi connectivity index (χ3n) is 8.84. The Morgan fingerprint density at radius 1 is 1.02 bits per heavy atom. The molecule has 0 aromatic heterocycles. The highest BCUT2D eigenvalue weighted by molar-refractivity contribution is 6.05. The third kappa shape index (κ3) is 8.38. The molecule has 11 nitrogen and oxygen atoms in total. The Balaban J connectivity index is 1.38. The van der Waals surface area contributed by atoms with Crippen LogP contribution in [0.1, 0.15) is 75.9 Å². The molecular weight excluding hydrogens is 636 g/mol. The fourth-order valence-electron chi connectivity index (χ4n) is 6.43. The van der Waals surface area contributed by atoms with Gasteiger partial charge in [0, 0.05) is 43.3 Å². The minimum Gasteiger partial charge on any atom is -0.471 e. The minimum absolute atomic E-state index is 0.0997.